The van der Waals surface area contributed by atoms with E-state index >= 15 is 0 Å². The van der Waals surface area contributed by atoms with Crippen LogP contribution in [0.3, 0.4) is 0 Å². The molecule has 22 heavy (non-hydrogen) atoms. The molecule has 2 aromatic rings. The molecule has 0 radical (unpaired) electrons. The first kappa shape index (κ1) is 15.0. The average molecular weight is 314 g/mol. The Morgan fingerprint density at radius 2 is 1.91 bits per heavy atom. The number of fused-ring (bicyclic) bond motifs is 1. The van der Waals surface area contributed by atoms with Crippen LogP contribution in [0.4, 0.5) is 0 Å². The van der Waals surface area contributed by atoms with Crippen LogP contribution < -0.4 is 0 Å². The minimum absolute atomic E-state index is 0.142. The monoisotopic (exact) mass is 314 g/mol. The molecule has 4 heteroatoms. The van der Waals surface area contributed by atoms with Crippen LogP contribution in [0.15, 0.2) is 30.3 Å². The zero-order chi connectivity index (χ0) is 15.7. The van der Waals surface area contributed by atoms with Gasteiger partial charge in [-0.15, -0.1) is 11.3 Å². The predicted molar refractivity (Wildman–Crippen MR) is 86.7 cm³/mol. The maximum absolute atomic E-state index is 12.4. The van der Waals surface area contributed by atoms with Crippen LogP contribution in [0.1, 0.15) is 49.4 Å². The van der Waals surface area contributed by atoms with Crippen LogP contribution in [0.25, 0.3) is 0 Å². The van der Waals surface area contributed by atoms with Gasteiger partial charge in [0.15, 0.2) is 6.10 Å². The van der Waals surface area contributed by atoms with Crippen LogP contribution in [0, 0.1) is 6.92 Å². The summed E-state index contributed by atoms with van der Waals surface area (Å²) in [6.45, 7) is 3.56. The number of Topliss-reactive ketones (excluding diaryl/α,β-unsaturated/α-hetero) is 1. The molecule has 3 rings (SSSR count). The van der Waals surface area contributed by atoms with Crippen molar-refractivity contribution in [3.05, 3.63) is 56.8 Å². The highest BCUT2D eigenvalue weighted by Crippen LogP contribution is 2.24. The van der Waals surface area contributed by atoms with Gasteiger partial charge in [0, 0.05) is 10.4 Å². The molecule has 1 aliphatic carbocycles. The maximum Gasteiger partial charge on any atom is 0.349 e. The first-order valence-corrected chi connectivity index (χ1v) is 8.29. The van der Waals surface area contributed by atoms with Gasteiger partial charge in [-0.25, -0.2) is 4.79 Å². The molecule has 0 fully saturated rings. The smallest absolute Gasteiger partial charge is 0.349 e. The second kappa shape index (κ2) is 6.05. The van der Waals surface area contributed by atoms with E-state index in [0.717, 1.165) is 24.1 Å². The summed E-state index contributed by atoms with van der Waals surface area (Å²) in [6.07, 6.45) is 2.50. The molecule has 1 aliphatic rings. The lowest BCUT2D eigenvalue weighted by Gasteiger charge is -2.12. The largest absolute Gasteiger partial charge is 0.450 e. The zero-order valence-electron chi connectivity index (χ0n) is 12.7. The number of ketones is 1. The third-order valence-corrected chi connectivity index (χ3v) is 4.96. The van der Waals surface area contributed by atoms with Crippen LogP contribution in [-0.2, 0) is 17.6 Å². The molecule has 0 saturated heterocycles. The van der Waals surface area contributed by atoms with Crippen LogP contribution in [0.2, 0.25) is 0 Å². The quantitative estimate of drug-likeness (QED) is 0.633. The van der Waals surface area contributed by atoms with E-state index in [1.807, 2.05) is 31.2 Å². The predicted octanol–water partition coefficient (Wildman–Crippen LogP) is 3.97. The highest BCUT2D eigenvalue weighted by molar-refractivity contribution is 7.13. The molecule has 1 heterocycles. The molecule has 0 spiro atoms. The van der Waals surface area contributed by atoms with Crippen LogP contribution in [0.5, 0.6) is 0 Å². The average Bonchev–Trinajstić information content (AvgIpc) is 3.13. The number of aryl methyl sites for hydroxylation is 3. The van der Waals surface area contributed by atoms with E-state index in [0.29, 0.717) is 10.4 Å². The third kappa shape index (κ3) is 2.97. The number of rotatable bonds is 4. The SMILES string of the molecule is Cc1ccc(C(=O)OC(C)C(=O)c2ccc3c(c2)CCC3)s1. The van der Waals surface area contributed by atoms with Crippen LogP contribution >= 0.6 is 11.3 Å². The number of carbonyl (C=O) groups excluding carboxylic acids is 2. The number of esters is 1. The van der Waals surface area contributed by atoms with Crippen molar-refractivity contribution in [1.82, 2.24) is 0 Å². The molecule has 1 aromatic carbocycles. The fourth-order valence-electron chi connectivity index (χ4n) is 2.78. The van der Waals surface area contributed by atoms with Gasteiger partial charge in [0.25, 0.3) is 0 Å². The standard InChI is InChI=1S/C18H18O3S/c1-11-6-9-16(22-11)18(20)21-12(2)17(19)15-8-7-13-4-3-5-14(13)10-15/h6-10,12H,3-5H2,1-2H3. The Balaban J connectivity index is 1.70. The van der Waals surface area contributed by atoms with Gasteiger partial charge >= 0.3 is 5.97 Å². The van der Waals surface area contributed by atoms with Gasteiger partial charge in [-0.2, -0.15) is 0 Å². The number of thiophene rings is 1. The molecular weight excluding hydrogens is 296 g/mol. The van der Waals surface area contributed by atoms with Crippen molar-refractivity contribution in [2.45, 2.75) is 39.2 Å². The van der Waals surface area contributed by atoms with Gasteiger partial charge in [0.2, 0.25) is 5.78 Å². The second-order valence-corrected chi connectivity index (χ2v) is 6.95. The summed E-state index contributed by atoms with van der Waals surface area (Å²) >= 11 is 1.38. The topological polar surface area (TPSA) is 43.4 Å². The maximum atomic E-state index is 12.4. The van der Waals surface area contributed by atoms with E-state index in [1.165, 1.54) is 22.5 Å². The Morgan fingerprint density at radius 3 is 2.64 bits per heavy atom. The molecule has 0 bridgehead atoms. The number of ether oxygens (including phenoxy) is 1. The summed E-state index contributed by atoms with van der Waals surface area (Å²) in [5.74, 6) is -0.573. The summed E-state index contributed by atoms with van der Waals surface area (Å²) in [7, 11) is 0. The van der Waals surface area contributed by atoms with Crippen molar-refractivity contribution in [3.8, 4) is 0 Å². The van der Waals surface area contributed by atoms with E-state index in [-0.39, 0.29) is 5.78 Å². The Bertz CT molecular complexity index is 730. The van der Waals surface area contributed by atoms with E-state index in [9.17, 15) is 9.59 Å². The number of benzene rings is 1. The van der Waals surface area contributed by atoms with Gasteiger partial charge in [-0.1, -0.05) is 12.1 Å². The lowest BCUT2D eigenvalue weighted by atomic mass is 10.0. The lowest BCUT2D eigenvalue weighted by Crippen LogP contribution is -2.24. The summed E-state index contributed by atoms with van der Waals surface area (Å²) in [5.41, 5.74) is 3.21. The Hall–Kier alpha value is -1.94. The highest BCUT2D eigenvalue weighted by atomic mass is 32.1. The highest BCUT2D eigenvalue weighted by Gasteiger charge is 2.22. The summed E-state index contributed by atoms with van der Waals surface area (Å²) in [4.78, 5) is 26.0. The van der Waals surface area contributed by atoms with E-state index in [1.54, 1.807) is 13.0 Å². The minimum atomic E-state index is -0.769. The molecule has 0 amide bonds. The molecule has 0 saturated carbocycles. The number of carbonyl (C=O) groups is 2. The Kier molecular flexibility index (Phi) is 4.12. The molecule has 3 nitrogen and oxygen atoms in total. The van der Waals surface area contributed by atoms with Gasteiger partial charge < -0.3 is 4.74 Å². The molecule has 1 aromatic heterocycles. The Morgan fingerprint density at radius 1 is 1.14 bits per heavy atom. The molecule has 0 N–H and O–H groups in total. The molecule has 114 valence electrons. The van der Waals surface area contributed by atoms with E-state index in [4.69, 9.17) is 4.74 Å². The first-order chi connectivity index (χ1) is 10.5. The molecular formula is C18H18O3S. The fraction of sp³-hybridized carbons (Fsp3) is 0.333. The summed E-state index contributed by atoms with van der Waals surface area (Å²) in [6, 6.07) is 9.41. The number of hydrogen-bond acceptors (Lipinski definition) is 4. The summed E-state index contributed by atoms with van der Waals surface area (Å²) < 4.78 is 5.31. The van der Waals surface area contributed by atoms with Crippen LogP contribution in [-0.4, -0.2) is 17.9 Å². The Labute approximate surface area is 133 Å². The summed E-state index contributed by atoms with van der Waals surface area (Å²) in [5, 5.41) is 0. The molecule has 1 atom stereocenters. The van der Waals surface area contributed by atoms with E-state index < -0.39 is 12.1 Å². The number of hydrogen-bond donors (Lipinski definition) is 0. The molecule has 1 unspecified atom stereocenters. The van der Waals surface area contributed by atoms with Crippen molar-refractivity contribution in [1.29, 1.82) is 0 Å². The lowest BCUT2D eigenvalue weighted by molar-refractivity contribution is 0.0323. The van der Waals surface area contributed by atoms with Gasteiger partial charge in [-0.05, 0) is 62.4 Å². The van der Waals surface area contributed by atoms with Gasteiger partial charge in [-0.3, -0.25) is 4.79 Å². The molecule has 0 aliphatic heterocycles. The zero-order valence-corrected chi connectivity index (χ0v) is 13.5. The van der Waals surface area contributed by atoms with Crippen molar-refractivity contribution in [3.63, 3.8) is 0 Å². The first-order valence-electron chi connectivity index (χ1n) is 7.48. The van der Waals surface area contributed by atoms with Crippen molar-refractivity contribution in [2.75, 3.05) is 0 Å². The van der Waals surface area contributed by atoms with Crippen molar-refractivity contribution in [2.24, 2.45) is 0 Å². The normalized spacial score (nSPS) is 14.5. The van der Waals surface area contributed by atoms with Gasteiger partial charge in [0.05, 0.1) is 0 Å². The fourth-order valence-corrected chi connectivity index (χ4v) is 3.53. The second-order valence-electron chi connectivity index (χ2n) is 5.66. The third-order valence-electron chi connectivity index (χ3n) is 3.98. The minimum Gasteiger partial charge on any atom is -0.450 e. The van der Waals surface area contributed by atoms with E-state index in [2.05, 4.69) is 0 Å². The van der Waals surface area contributed by atoms with Gasteiger partial charge in [0.1, 0.15) is 4.88 Å². The van der Waals surface area contributed by atoms with Crippen molar-refractivity contribution < 1.29 is 14.3 Å². The van der Waals surface area contributed by atoms with Crippen molar-refractivity contribution >= 4 is 23.1 Å².